The van der Waals surface area contributed by atoms with Gasteiger partial charge in [-0.15, -0.1) is 0 Å². The Bertz CT molecular complexity index is 1230. The molecule has 3 aliphatic rings. The van der Waals surface area contributed by atoms with Crippen LogP contribution in [-0.2, 0) is 0 Å². The fourth-order valence-corrected chi connectivity index (χ4v) is 6.42. The predicted molar refractivity (Wildman–Crippen MR) is 153 cm³/mol. The summed E-state index contributed by atoms with van der Waals surface area (Å²) in [7, 11) is 2.11. The molecular formula is C29H39ClF2N6O2. The highest BCUT2D eigenvalue weighted by atomic mass is 35.5. The minimum atomic E-state index is -2.87. The van der Waals surface area contributed by atoms with Crippen molar-refractivity contribution in [2.75, 3.05) is 57.8 Å². The molecule has 0 spiro atoms. The Balaban J connectivity index is 1.36. The largest absolute Gasteiger partial charge is 0.369 e. The molecule has 40 heavy (non-hydrogen) atoms. The Labute approximate surface area is 239 Å². The highest BCUT2D eigenvalue weighted by molar-refractivity contribution is 6.31. The van der Waals surface area contributed by atoms with E-state index in [0.29, 0.717) is 18.0 Å². The number of anilines is 1. The van der Waals surface area contributed by atoms with Gasteiger partial charge in [-0.3, -0.25) is 9.58 Å². The summed E-state index contributed by atoms with van der Waals surface area (Å²) in [6, 6.07) is 5.50. The molecule has 0 aliphatic carbocycles. The summed E-state index contributed by atoms with van der Waals surface area (Å²) in [5, 5.41) is 23.9. The van der Waals surface area contributed by atoms with Crippen molar-refractivity contribution in [1.29, 1.82) is 0 Å². The van der Waals surface area contributed by atoms with E-state index in [1.54, 1.807) is 0 Å². The monoisotopic (exact) mass is 576 g/mol. The zero-order valence-corrected chi connectivity index (χ0v) is 23.9. The van der Waals surface area contributed by atoms with Crippen LogP contribution in [0.2, 0.25) is 5.02 Å². The molecule has 2 saturated heterocycles. The van der Waals surface area contributed by atoms with E-state index in [4.69, 9.17) is 11.6 Å². The fourth-order valence-electron chi connectivity index (χ4n) is 6.26. The van der Waals surface area contributed by atoms with Crippen LogP contribution in [0.4, 0.5) is 14.5 Å². The number of rotatable bonds is 8. The lowest BCUT2D eigenvalue weighted by molar-refractivity contribution is -0.0454. The summed E-state index contributed by atoms with van der Waals surface area (Å²) in [6.45, 7) is 8.82. The number of piperidine rings is 1. The van der Waals surface area contributed by atoms with Crippen LogP contribution in [0, 0.1) is 0 Å². The molecule has 218 valence electrons. The van der Waals surface area contributed by atoms with Gasteiger partial charge in [0.15, 0.2) is 6.29 Å². The molecule has 0 bridgehead atoms. The third kappa shape index (κ3) is 6.06. The molecule has 1 aromatic heterocycles. The molecule has 0 radical (unpaired) electrons. The molecule has 2 atom stereocenters. The average molecular weight is 577 g/mol. The van der Waals surface area contributed by atoms with Gasteiger partial charge in [0.25, 0.3) is 6.43 Å². The van der Waals surface area contributed by atoms with Crippen LogP contribution in [0.3, 0.4) is 0 Å². The summed E-state index contributed by atoms with van der Waals surface area (Å²) in [5.41, 5.74) is 2.35. The van der Waals surface area contributed by atoms with Gasteiger partial charge in [0, 0.05) is 68.8 Å². The number of aliphatic hydroxyl groups is 2. The lowest BCUT2D eigenvalue weighted by Crippen LogP contribution is -2.53. The predicted octanol–water partition coefficient (Wildman–Crippen LogP) is 4.50. The minimum Gasteiger partial charge on any atom is -0.369 e. The number of benzene rings is 1. The number of hydrogen-bond acceptors (Lipinski definition) is 7. The van der Waals surface area contributed by atoms with Crippen LogP contribution >= 0.6 is 11.6 Å². The molecule has 5 rings (SSSR count). The first-order chi connectivity index (χ1) is 19.3. The number of aromatic nitrogens is 2. The van der Waals surface area contributed by atoms with Gasteiger partial charge in [-0.1, -0.05) is 30.7 Å². The Kier molecular flexibility index (Phi) is 9.11. The Morgan fingerprint density at radius 1 is 1.12 bits per heavy atom. The maximum absolute atomic E-state index is 13.9. The second kappa shape index (κ2) is 12.6. The third-order valence-electron chi connectivity index (χ3n) is 8.23. The van der Waals surface area contributed by atoms with Crippen molar-refractivity contribution in [2.45, 2.75) is 51.1 Å². The summed E-state index contributed by atoms with van der Waals surface area (Å²) >= 11 is 6.46. The third-order valence-corrected chi connectivity index (χ3v) is 8.47. The maximum Gasteiger partial charge on any atom is 0.280 e. The second-order valence-electron chi connectivity index (χ2n) is 10.9. The number of piperazine rings is 1. The molecule has 2 aromatic rings. The van der Waals surface area contributed by atoms with Crippen molar-refractivity contribution >= 4 is 22.9 Å². The van der Waals surface area contributed by atoms with Crippen LogP contribution in [-0.4, -0.2) is 93.7 Å². The van der Waals surface area contributed by atoms with Crippen LogP contribution in [0.5, 0.6) is 0 Å². The number of hydrogen-bond donors (Lipinski definition) is 2. The number of alkyl halides is 2. The van der Waals surface area contributed by atoms with Crippen LogP contribution in [0.25, 0.3) is 5.57 Å². The van der Waals surface area contributed by atoms with Gasteiger partial charge in [0.2, 0.25) is 0 Å². The van der Waals surface area contributed by atoms with Crippen LogP contribution < -0.4 is 4.90 Å². The van der Waals surface area contributed by atoms with E-state index in [2.05, 4.69) is 57.0 Å². The molecule has 11 heteroatoms. The van der Waals surface area contributed by atoms with Crippen molar-refractivity contribution in [3.63, 3.8) is 0 Å². The van der Waals surface area contributed by atoms with Gasteiger partial charge >= 0.3 is 0 Å². The van der Waals surface area contributed by atoms with E-state index in [0.717, 1.165) is 68.7 Å². The first-order valence-corrected chi connectivity index (χ1v) is 14.5. The lowest BCUT2D eigenvalue weighted by atomic mass is 9.98. The number of likely N-dealkylation sites (N-methyl/N-ethyl adjacent to an activating group) is 1. The highest BCUT2D eigenvalue weighted by Gasteiger charge is 2.32. The first-order valence-electron chi connectivity index (χ1n) is 14.1. The normalized spacial score (nSPS) is 23.0. The number of halogens is 3. The van der Waals surface area contributed by atoms with Crippen molar-refractivity contribution in [2.24, 2.45) is 0 Å². The summed E-state index contributed by atoms with van der Waals surface area (Å²) < 4.78 is 29.1. The second-order valence-corrected chi connectivity index (χ2v) is 11.3. The molecule has 4 heterocycles. The van der Waals surface area contributed by atoms with Gasteiger partial charge in [-0.25, -0.2) is 8.78 Å². The summed E-state index contributed by atoms with van der Waals surface area (Å²) in [4.78, 5) is 9.46. The van der Waals surface area contributed by atoms with E-state index in [9.17, 15) is 19.0 Å². The van der Waals surface area contributed by atoms with E-state index >= 15 is 0 Å². The van der Waals surface area contributed by atoms with Gasteiger partial charge < -0.3 is 24.9 Å². The molecule has 0 amide bonds. The topological polar surface area (TPSA) is 71.2 Å². The van der Waals surface area contributed by atoms with Gasteiger partial charge in [0.1, 0.15) is 11.9 Å². The van der Waals surface area contributed by atoms with Gasteiger partial charge in [-0.05, 0) is 49.6 Å². The zero-order valence-electron chi connectivity index (χ0n) is 23.1. The van der Waals surface area contributed by atoms with E-state index in [1.807, 2.05) is 18.2 Å². The summed E-state index contributed by atoms with van der Waals surface area (Å²) in [6.07, 6.45) is 5.68. The van der Waals surface area contributed by atoms with Gasteiger partial charge in [-0.2, -0.15) is 5.10 Å². The van der Waals surface area contributed by atoms with Crippen molar-refractivity contribution < 1.29 is 19.0 Å². The van der Waals surface area contributed by atoms with Crippen LogP contribution in [0.15, 0.2) is 42.7 Å². The van der Waals surface area contributed by atoms with Gasteiger partial charge in [0.05, 0.1) is 17.8 Å². The van der Waals surface area contributed by atoms with E-state index < -0.39 is 18.4 Å². The number of aliphatic hydroxyl groups excluding tert-OH is 1. The number of nitrogens with zero attached hydrogens (tertiary/aromatic N) is 6. The lowest BCUT2D eigenvalue weighted by Gasteiger charge is -2.42. The van der Waals surface area contributed by atoms with Crippen molar-refractivity contribution in [1.82, 2.24) is 24.5 Å². The summed E-state index contributed by atoms with van der Waals surface area (Å²) in [5.74, 6) is 0. The smallest absolute Gasteiger partial charge is 0.280 e. The molecule has 0 saturated carbocycles. The Morgan fingerprint density at radius 2 is 1.90 bits per heavy atom. The molecule has 2 N–H and O–H groups in total. The molecule has 8 nitrogen and oxygen atoms in total. The first kappa shape index (κ1) is 29.0. The Morgan fingerprint density at radius 3 is 2.58 bits per heavy atom. The van der Waals surface area contributed by atoms with Crippen molar-refractivity contribution in [3.8, 4) is 0 Å². The van der Waals surface area contributed by atoms with Crippen LogP contribution in [0.1, 0.15) is 61.8 Å². The molecule has 2 unspecified atom stereocenters. The molecule has 1 aromatic carbocycles. The quantitative estimate of drug-likeness (QED) is 0.449. The molecule has 3 aliphatic heterocycles. The average Bonchev–Trinajstić information content (AvgIpc) is 3.40. The highest BCUT2D eigenvalue weighted by Crippen LogP contribution is 2.38. The van der Waals surface area contributed by atoms with E-state index in [1.165, 1.54) is 11.1 Å². The minimum absolute atomic E-state index is 0.200. The van der Waals surface area contributed by atoms with E-state index in [-0.39, 0.29) is 17.8 Å². The fraction of sp³-hybridized carbons (Fsp3) is 0.552. The standard InChI is InChI=1S/C29H39ClF2N6O2/c1-3-10-35-12-14-36(15-13-35)26-9-6-20(18-34(26)2)23-8-7-21(30)16-25(23)37-11-4-5-22(19-37)38-27(28(31)32)24(17-33-38)29(39)40/h6-9,16-18,22,26,28-29,39-40H,3-5,10-15,19H2,1-2H3. The maximum atomic E-state index is 13.9. The Hall–Kier alpha value is -2.50. The number of allylic oxidation sites excluding steroid dienone is 2. The zero-order chi connectivity index (χ0) is 28.4. The molecular weight excluding hydrogens is 538 g/mol. The SMILES string of the molecule is CCCN1CCN(C2C=CC(c3ccc(Cl)cc3N3CCCC(n4ncc(C(O)O)c4C(F)F)C3)=CN2C)CC1. The van der Waals surface area contributed by atoms with Crippen molar-refractivity contribution in [3.05, 3.63) is 64.6 Å². The molecule has 2 fully saturated rings.